The maximum absolute atomic E-state index is 12.5. The fraction of sp³-hybridized carbons (Fsp3) is 0.844. The van der Waals surface area contributed by atoms with Crippen LogP contribution in [0.4, 0.5) is 4.79 Å². The Morgan fingerprint density at radius 1 is 0.850 bits per heavy atom. The molecule has 0 spiro atoms. The minimum Gasteiger partial charge on any atom is -0.475 e. The van der Waals surface area contributed by atoms with E-state index in [1.54, 1.807) is 0 Å². The van der Waals surface area contributed by atoms with E-state index in [1.807, 2.05) is 0 Å². The fourth-order valence-corrected chi connectivity index (χ4v) is 6.08. The van der Waals surface area contributed by atoms with Crippen LogP contribution >= 0.6 is 11.7 Å². The van der Waals surface area contributed by atoms with Crippen LogP contribution in [0.15, 0.2) is 6.08 Å². The summed E-state index contributed by atoms with van der Waals surface area (Å²) in [5, 5.41) is 0. The molecule has 1 aromatic heterocycles. The Balaban J connectivity index is 1.66. The lowest BCUT2D eigenvalue weighted by molar-refractivity contribution is -0.947. The quantitative estimate of drug-likeness (QED) is 0.0729. The van der Waals surface area contributed by atoms with E-state index in [9.17, 15) is 4.79 Å². The minimum atomic E-state index is -0.545. The van der Waals surface area contributed by atoms with Crippen molar-refractivity contribution in [2.45, 2.75) is 143 Å². The topological polar surface area (TPSA) is 70.5 Å². The molecule has 230 valence electrons. The summed E-state index contributed by atoms with van der Waals surface area (Å²) < 4.78 is 26.9. The van der Waals surface area contributed by atoms with Gasteiger partial charge in [-0.2, -0.15) is 4.37 Å². The standard InChI is InChI=1S/C32H58N3O4S/c1-5-8-10-12-13-14-15-16-17-18-19-21-26-38-32(36)39-29(7-3)35(4)24-22-23-28(27-35)30-31(34-40-33-30)37-25-20-11-9-6-2/h23,29H,5-22,24-27H2,1-4H3/q+1. The lowest BCUT2D eigenvalue weighted by Gasteiger charge is -2.42. The van der Waals surface area contributed by atoms with E-state index < -0.39 is 6.16 Å². The molecule has 2 atom stereocenters. The zero-order valence-corrected chi connectivity index (χ0v) is 26.9. The summed E-state index contributed by atoms with van der Waals surface area (Å²) in [6.07, 6.45) is 23.1. The van der Waals surface area contributed by atoms with Gasteiger partial charge in [-0.1, -0.05) is 117 Å². The van der Waals surface area contributed by atoms with Gasteiger partial charge in [-0.3, -0.25) is 4.48 Å². The molecule has 1 aliphatic rings. The van der Waals surface area contributed by atoms with Crippen molar-refractivity contribution >= 4 is 23.5 Å². The molecule has 1 aromatic rings. The highest BCUT2D eigenvalue weighted by Crippen LogP contribution is 2.32. The molecular formula is C32H58N3O4S+. The van der Waals surface area contributed by atoms with Crippen molar-refractivity contribution < 1.29 is 23.5 Å². The molecule has 8 heteroatoms. The molecule has 1 aliphatic heterocycles. The highest BCUT2D eigenvalue weighted by Gasteiger charge is 2.38. The number of ether oxygens (including phenoxy) is 3. The summed E-state index contributed by atoms with van der Waals surface area (Å²) in [4.78, 5) is 12.5. The number of nitrogens with zero attached hydrogens (tertiary/aromatic N) is 3. The molecule has 0 radical (unpaired) electrons. The van der Waals surface area contributed by atoms with Crippen LogP contribution in [0.25, 0.3) is 5.57 Å². The molecule has 40 heavy (non-hydrogen) atoms. The molecule has 0 N–H and O–H groups in total. The Morgan fingerprint density at radius 2 is 1.43 bits per heavy atom. The van der Waals surface area contributed by atoms with Crippen molar-refractivity contribution in [3.63, 3.8) is 0 Å². The number of rotatable bonds is 23. The number of carbonyl (C=O) groups is 1. The van der Waals surface area contributed by atoms with Gasteiger partial charge >= 0.3 is 6.16 Å². The van der Waals surface area contributed by atoms with Crippen molar-refractivity contribution in [2.75, 3.05) is 33.4 Å². The first-order valence-corrected chi connectivity index (χ1v) is 17.1. The number of aromatic nitrogens is 2. The van der Waals surface area contributed by atoms with Crippen LogP contribution in [0.5, 0.6) is 5.88 Å². The van der Waals surface area contributed by atoms with E-state index >= 15 is 0 Å². The zero-order chi connectivity index (χ0) is 28.9. The normalized spacial score (nSPS) is 17.9. The van der Waals surface area contributed by atoms with Crippen LogP contribution in [0.1, 0.15) is 142 Å². The molecule has 0 bridgehead atoms. The summed E-state index contributed by atoms with van der Waals surface area (Å²) in [6.45, 7) is 9.28. The summed E-state index contributed by atoms with van der Waals surface area (Å²) in [5.41, 5.74) is 1.96. The van der Waals surface area contributed by atoms with Crippen molar-refractivity contribution in [1.82, 2.24) is 8.75 Å². The van der Waals surface area contributed by atoms with Crippen LogP contribution < -0.4 is 4.74 Å². The number of quaternary nitrogens is 1. The molecule has 2 unspecified atom stereocenters. The Labute approximate surface area is 249 Å². The van der Waals surface area contributed by atoms with Gasteiger partial charge in [0.1, 0.15) is 12.2 Å². The second-order valence-electron chi connectivity index (χ2n) is 11.7. The van der Waals surface area contributed by atoms with Crippen molar-refractivity contribution in [3.05, 3.63) is 11.8 Å². The smallest absolute Gasteiger partial charge is 0.475 e. The van der Waals surface area contributed by atoms with Gasteiger partial charge in [0.15, 0.2) is 0 Å². The molecule has 0 amide bonds. The number of unbranched alkanes of at least 4 members (excludes halogenated alkanes) is 14. The van der Waals surface area contributed by atoms with E-state index in [2.05, 4.69) is 42.6 Å². The molecule has 2 rings (SSSR count). The highest BCUT2D eigenvalue weighted by molar-refractivity contribution is 6.99. The van der Waals surface area contributed by atoms with Crippen LogP contribution in [-0.2, 0) is 9.47 Å². The maximum Gasteiger partial charge on any atom is 0.512 e. The first-order valence-electron chi connectivity index (χ1n) is 16.4. The number of hydrogen-bond donors (Lipinski definition) is 0. The predicted molar refractivity (Wildman–Crippen MR) is 166 cm³/mol. The lowest BCUT2D eigenvalue weighted by Crippen LogP contribution is -2.56. The number of hydrogen-bond acceptors (Lipinski definition) is 7. The maximum atomic E-state index is 12.5. The third kappa shape index (κ3) is 13.3. The van der Waals surface area contributed by atoms with E-state index in [4.69, 9.17) is 14.2 Å². The second kappa shape index (κ2) is 21.1. The van der Waals surface area contributed by atoms with Gasteiger partial charge in [0.05, 0.1) is 38.5 Å². The third-order valence-electron chi connectivity index (χ3n) is 8.06. The Kier molecular flexibility index (Phi) is 18.2. The Hall–Kier alpha value is -1.67. The van der Waals surface area contributed by atoms with Gasteiger partial charge in [0, 0.05) is 18.4 Å². The molecule has 0 saturated carbocycles. The molecule has 7 nitrogen and oxygen atoms in total. The van der Waals surface area contributed by atoms with E-state index in [0.29, 0.717) is 23.6 Å². The molecule has 0 aliphatic carbocycles. The number of likely N-dealkylation sites (N-methyl/N-ethyl adjacent to an activating group) is 1. The van der Waals surface area contributed by atoms with E-state index in [0.717, 1.165) is 56.5 Å². The minimum absolute atomic E-state index is 0.261. The average Bonchev–Trinajstić information content (AvgIpc) is 3.42. The van der Waals surface area contributed by atoms with Gasteiger partial charge < -0.3 is 14.2 Å². The van der Waals surface area contributed by atoms with Crippen LogP contribution in [0.3, 0.4) is 0 Å². The Morgan fingerprint density at radius 3 is 2.05 bits per heavy atom. The third-order valence-corrected chi connectivity index (χ3v) is 8.57. The summed E-state index contributed by atoms with van der Waals surface area (Å²) in [6, 6.07) is 0. The fourth-order valence-electron chi connectivity index (χ4n) is 5.55. The first kappa shape index (κ1) is 34.5. The lowest BCUT2D eigenvalue weighted by atomic mass is 10.0. The highest BCUT2D eigenvalue weighted by atomic mass is 32.1. The average molecular weight is 581 g/mol. The molecular weight excluding hydrogens is 522 g/mol. The summed E-state index contributed by atoms with van der Waals surface area (Å²) in [7, 11) is 2.16. The Bertz CT molecular complexity index is 831. The first-order chi connectivity index (χ1) is 19.5. The monoisotopic (exact) mass is 580 g/mol. The second-order valence-corrected chi connectivity index (χ2v) is 12.2. The van der Waals surface area contributed by atoms with Crippen LogP contribution in [-0.4, -0.2) is 59.0 Å². The van der Waals surface area contributed by atoms with Gasteiger partial charge in [0.25, 0.3) is 5.88 Å². The van der Waals surface area contributed by atoms with E-state index in [-0.39, 0.29) is 6.23 Å². The van der Waals surface area contributed by atoms with Gasteiger partial charge in [0.2, 0.25) is 6.23 Å². The van der Waals surface area contributed by atoms with Gasteiger partial charge in [-0.25, -0.2) is 4.79 Å². The van der Waals surface area contributed by atoms with Crippen molar-refractivity contribution in [2.24, 2.45) is 0 Å². The molecule has 0 aromatic carbocycles. The van der Waals surface area contributed by atoms with E-state index in [1.165, 1.54) is 95.2 Å². The SMILES string of the molecule is CCCCCCCCCCCCCCOC(=O)OC(CC)[N+]1(C)CCC=C(c2nsnc2OCCCCCC)C1. The van der Waals surface area contributed by atoms with Crippen molar-refractivity contribution in [3.8, 4) is 5.88 Å². The molecule has 0 fully saturated rings. The van der Waals surface area contributed by atoms with Gasteiger partial charge in [-0.15, -0.1) is 4.37 Å². The predicted octanol–water partition coefficient (Wildman–Crippen LogP) is 9.32. The molecule has 2 heterocycles. The van der Waals surface area contributed by atoms with Crippen molar-refractivity contribution in [1.29, 1.82) is 0 Å². The largest absolute Gasteiger partial charge is 0.512 e. The van der Waals surface area contributed by atoms with Crippen LogP contribution in [0.2, 0.25) is 0 Å². The van der Waals surface area contributed by atoms with Crippen LogP contribution in [0, 0.1) is 0 Å². The summed E-state index contributed by atoms with van der Waals surface area (Å²) in [5.74, 6) is 0.636. The zero-order valence-electron chi connectivity index (χ0n) is 26.1. The van der Waals surface area contributed by atoms with Gasteiger partial charge in [-0.05, 0) is 12.8 Å². The molecule has 0 saturated heterocycles. The summed E-state index contributed by atoms with van der Waals surface area (Å²) >= 11 is 1.20. The number of carbonyl (C=O) groups excluding carboxylic acids is 1.